The van der Waals surface area contributed by atoms with E-state index in [-0.39, 0.29) is 0 Å². The summed E-state index contributed by atoms with van der Waals surface area (Å²) in [6, 6.07) is 8.92. The molecule has 1 fully saturated rings. The second-order valence-electron chi connectivity index (χ2n) is 4.05. The highest BCUT2D eigenvalue weighted by Gasteiger charge is 2.27. The minimum absolute atomic E-state index is 0.683. The molecule has 0 aromatic heterocycles. The normalized spacial score (nSPS) is 26.7. The Bertz CT molecular complexity index is 294. The van der Waals surface area contributed by atoms with Crippen molar-refractivity contribution in [2.75, 3.05) is 18.1 Å². The average Bonchev–Trinajstić information content (AvgIpc) is 2.67. The predicted molar refractivity (Wildman–Crippen MR) is 63.8 cm³/mol. The van der Waals surface area contributed by atoms with E-state index in [9.17, 15) is 0 Å². The lowest BCUT2D eigenvalue weighted by Gasteiger charge is -2.17. The van der Waals surface area contributed by atoms with Gasteiger partial charge in [0.1, 0.15) is 0 Å². The van der Waals surface area contributed by atoms with E-state index >= 15 is 0 Å². The number of rotatable bonds is 2. The van der Waals surface area contributed by atoms with Gasteiger partial charge in [0.15, 0.2) is 0 Å². The van der Waals surface area contributed by atoms with E-state index in [0.29, 0.717) is 11.8 Å². The van der Waals surface area contributed by atoms with Crippen LogP contribution in [0, 0.1) is 12.8 Å². The van der Waals surface area contributed by atoms with Crippen LogP contribution in [0.3, 0.4) is 0 Å². The lowest BCUT2D eigenvalue weighted by molar-refractivity contribution is 0.534. The topological polar surface area (TPSA) is 26.0 Å². The molecule has 2 rings (SSSR count). The maximum Gasteiger partial charge on any atom is 0.000503 e. The van der Waals surface area contributed by atoms with Gasteiger partial charge < -0.3 is 5.73 Å². The van der Waals surface area contributed by atoms with E-state index in [1.165, 1.54) is 22.6 Å². The fourth-order valence-electron chi connectivity index (χ4n) is 2.01. The van der Waals surface area contributed by atoms with Gasteiger partial charge in [-0.1, -0.05) is 29.8 Å². The zero-order valence-electron chi connectivity index (χ0n) is 8.57. The van der Waals surface area contributed by atoms with Crippen LogP contribution < -0.4 is 5.73 Å². The first kappa shape index (κ1) is 10.1. The molecule has 14 heavy (non-hydrogen) atoms. The van der Waals surface area contributed by atoms with Gasteiger partial charge in [-0.15, -0.1) is 0 Å². The number of hydrogen-bond acceptors (Lipinski definition) is 2. The van der Waals surface area contributed by atoms with Crippen LogP contribution in [-0.2, 0) is 0 Å². The van der Waals surface area contributed by atoms with Gasteiger partial charge in [0.25, 0.3) is 0 Å². The lowest BCUT2D eigenvalue weighted by Crippen LogP contribution is -2.20. The fraction of sp³-hybridized carbons (Fsp3) is 0.500. The van der Waals surface area contributed by atoms with Gasteiger partial charge >= 0.3 is 0 Å². The molecule has 2 unspecified atom stereocenters. The Morgan fingerprint density at radius 2 is 2.00 bits per heavy atom. The zero-order chi connectivity index (χ0) is 9.97. The van der Waals surface area contributed by atoms with Gasteiger partial charge in [0.2, 0.25) is 0 Å². The second-order valence-corrected chi connectivity index (χ2v) is 5.13. The molecule has 0 aliphatic carbocycles. The summed E-state index contributed by atoms with van der Waals surface area (Å²) in [7, 11) is 0. The Labute approximate surface area is 90.1 Å². The number of aryl methyl sites for hydroxylation is 1. The van der Waals surface area contributed by atoms with E-state index in [0.717, 1.165) is 6.54 Å². The molecule has 1 saturated heterocycles. The van der Waals surface area contributed by atoms with Gasteiger partial charge in [-0.3, -0.25) is 0 Å². The van der Waals surface area contributed by atoms with Crippen molar-refractivity contribution in [2.24, 2.45) is 11.7 Å². The van der Waals surface area contributed by atoms with Gasteiger partial charge in [-0.2, -0.15) is 11.8 Å². The van der Waals surface area contributed by atoms with Crippen molar-refractivity contribution in [3.8, 4) is 0 Å². The average molecular weight is 207 g/mol. The van der Waals surface area contributed by atoms with Crippen LogP contribution in [-0.4, -0.2) is 18.1 Å². The molecule has 1 aliphatic rings. The van der Waals surface area contributed by atoms with Crippen LogP contribution in [0.4, 0.5) is 0 Å². The van der Waals surface area contributed by atoms with E-state index < -0.39 is 0 Å². The summed E-state index contributed by atoms with van der Waals surface area (Å²) in [4.78, 5) is 0. The summed E-state index contributed by atoms with van der Waals surface area (Å²) in [5, 5.41) is 0. The second kappa shape index (κ2) is 4.37. The molecule has 1 aromatic carbocycles. The number of benzene rings is 1. The molecule has 1 aromatic rings. The smallest absolute Gasteiger partial charge is 0.000503 e. The molecule has 0 spiro atoms. The third kappa shape index (κ3) is 1.96. The van der Waals surface area contributed by atoms with Crippen LogP contribution in [0.1, 0.15) is 17.0 Å². The summed E-state index contributed by atoms with van der Waals surface area (Å²) in [6.07, 6.45) is 0. The number of nitrogens with two attached hydrogens (primary N) is 1. The van der Waals surface area contributed by atoms with Crippen LogP contribution in [0.5, 0.6) is 0 Å². The molecule has 76 valence electrons. The van der Waals surface area contributed by atoms with Crippen molar-refractivity contribution < 1.29 is 0 Å². The predicted octanol–water partition coefficient (Wildman–Crippen LogP) is 2.40. The molecule has 1 heterocycles. The Balaban J connectivity index is 2.17. The van der Waals surface area contributed by atoms with Crippen LogP contribution in [0.25, 0.3) is 0 Å². The van der Waals surface area contributed by atoms with Crippen molar-refractivity contribution in [1.82, 2.24) is 0 Å². The summed E-state index contributed by atoms with van der Waals surface area (Å²) >= 11 is 2.03. The van der Waals surface area contributed by atoms with Crippen LogP contribution in [0.15, 0.2) is 24.3 Å². The molecule has 0 bridgehead atoms. The highest BCUT2D eigenvalue weighted by Crippen LogP contribution is 2.36. The third-order valence-electron chi connectivity index (χ3n) is 3.01. The van der Waals surface area contributed by atoms with Crippen molar-refractivity contribution >= 4 is 11.8 Å². The first-order valence-electron chi connectivity index (χ1n) is 5.15. The molecule has 0 radical (unpaired) electrons. The van der Waals surface area contributed by atoms with Crippen molar-refractivity contribution in [1.29, 1.82) is 0 Å². The Morgan fingerprint density at radius 1 is 1.29 bits per heavy atom. The summed E-state index contributed by atoms with van der Waals surface area (Å²) in [5.41, 5.74) is 8.58. The van der Waals surface area contributed by atoms with E-state index in [2.05, 4.69) is 31.2 Å². The summed E-state index contributed by atoms with van der Waals surface area (Å²) < 4.78 is 0. The highest BCUT2D eigenvalue weighted by molar-refractivity contribution is 7.99. The van der Waals surface area contributed by atoms with Crippen molar-refractivity contribution in [3.05, 3.63) is 35.4 Å². The van der Waals surface area contributed by atoms with Gasteiger partial charge in [0, 0.05) is 5.75 Å². The lowest BCUT2D eigenvalue weighted by atomic mass is 9.89. The highest BCUT2D eigenvalue weighted by atomic mass is 32.2. The van der Waals surface area contributed by atoms with E-state index in [1.54, 1.807) is 0 Å². The minimum Gasteiger partial charge on any atom is -0.330 e. The molecule has 2 N–H and O–H groups in total. The first-order chi connectivity index (χ1) is 6.81. The molecular formula is C12H17NS. The SMILES string of the molecule is Cc1ccc(C2CSCC2CN)cc1. The standard InChI is InChI=1S/C12H17NS/c1-9-2-4-10(5-3-9)12-8-14-7-11(12)6-13/h2-5,11-12H,6-8,13H2,1H3. The maximum absolute atomic E-state index is 5.78. The molecule has 2 atom stereocenters. The Morgan fingerprint density at radius 3 is 2.64 bits per heavy atom. The minimum atomic E-state index is 0.683. The first-order valence-corrected chi connectivity index (χ1v) is 6.31. The molecule has 1 nitrogen and oxygen atoms in total. The molecule has 1 aliphatic heterocycles. The van der Waals surface area contributed by atoms with Crippen molar-refractivity contribution in [2.45, 2.75) is 12.8 Å². The maximum atomic E-state index is 5.78. The van der Waals surface area contributed by atoms with Gasteiger partial charge in [-0.25, -0.2) is 0 Å². The van der Waals surface area contributed by atoms with Crippen molar-refractivity contribution in [3.63, 3.8) is 0 Å². The monoisotopic (exact) mass is 207 g/mol. The molecular weight excluding hydrogens is 190 g/mol. The third-order valence-corrected chi connectivity index (χ3v) is 4.27. The van der Waals surface area contributed by atoms with E-state index in [1.807, 2.05) is 11.8 Å². The quantitative estimate of drug-likeness (QED) is 0.806. The van der Waals surface area contributed by atoms with Crippen LogP contribution >= 0.6 is 11.8 Å². The molecule has 2 heteroatoms. The Kier molecular flexibility index (Phi) is 3.14. The summed E-state index contributed by atoms with van der Waals surface area (Å²) in [5.74, 6) is 3.84. The Hall–Kier alpha value is -0.470. The fourth-order valence-corrected chi connectivity index (χ4v) is 3.54. The number of hydrogen-bond donors (Lipinski definition) is 1. The van der Waals surface area contributed by atoms with Crippen LogP contribution in [0.2, 0.25) is 0 Å². The van der Waals surface area contributed by atoms with E-state index in [4.69, 9.17) is 5.73 Å². The molecule has 0 amide bonds. The zero-order valence-corrected chi connectivity index (χ0v) is 9.39. The van der Waals surface area contributed by atoms with Gasteiger partial charge in [0.05, 0.1) is 0 Å². The summed E-state index contributed by atoms with van der Waals surface area (Å²) in [6.45, 7) is 2.96. The molecule has 0 saturated carbocycles. The number of thioether (sulfide) groups is 1. The van der Waals surface area contributed by atoms with Gasteiger partial charge in [-0.05, 0) is 36.6 Å². The largest absolute Gasteiger partial charge is 0.330 e.